The highest BCUT2D eigenvalue weighted by molar-refractivity contribution is 7.64. The SMILES string of the molecule is CC(C)(C)P(C=Cc1ccccc1)C(C)(C)C. The summed E-state index contributed by atoms with van der Waals surface area (Å²) in [6.07, 6.45) is 2.28. The maximum atomic E-state index is 2.44. The molecule has 0 heterocycles. The van der Waals surface area contributed by atoms with Gasteiger partial charge in [-0.15, -0.1) is 0 Å². The van der Waals surface area contributed by atoms with Crippen molar-refractivity contribution in [3.63, 3.8) is 0 Å². The van der Waals surface area contributed by atoms with Crippen LogP contribution >= 0.6 is 7.92 Å². The lowest BCUT2D eigenvalue weighted by Crippen LogP contribution is -2.23. The Kier molecular flexibility index (Phi) is 4.55. The molecule has 1 aromatic rings. The van der Waals surface area contributed by atoms with Crippen molar-refractivity contribution in [3.8, 4) is 0 Å². The second-order valence-electron chi connectivity index (χ2n) is 6.44. The predicted molar refractivity (Wildman–Crippen MR) is 81.9 cm³/mol. The van der Waals surface area contributed by atoms with E-state index in [1.807, 2.05) is 0 Å². The van der Waals surface area contributed by atoms with Crippen LogP contribution in [0, 0.1) is 0 Å². The second-order valence-corrected chi connectivity index (χ2v) is 10.2. The van der Waals surface area contributed by atoms with Crippen molar-refractivity contribution < 1.29 is 0 Å². The van der Waals surface area contributed by atoms with E-state index in [1.54, 1.807) is 0 Å². The highest BCUT2D eigenvalue weighted by Gasteiger charge is 2.31. The fourth-order valence-electron chi connectivity index (χ4n) is 2.18. The molecule has 0 fully saturated rings. The lowest BCUT2D eigenvalue weighted by Gasteiger charge is -2.39. The largest absolute Gasteiger partial charge is 0.0721 e. The standard InChI is InChI=1S/C16H25P/c1-15(2,3)17(16(4,5)6)13-12-14-10-8-7-9-11-14/h7-13H,1-6H3. The fraction of sp³-hybridized carbons (Fsp3) is 0.500. The van der Waals surface area contributed by atoms with E-state index < -0.39 is 0 Å². The van der Waals surface area contributed by atoms with Gasteiger partial charge in [0.05, 0.1) is 0 Å². The Morgan fingerprint density at radius 1 is 0.824 bits per heavy atom. The van der Waals surface area contributed by atoms with Gasteiger partial charge in [0, 0.05) is 0 Å². The molecule has 1 aromatic carbocycles. The molecular formula is C16H25P. The second kappa shape index (κ2) is 5.36. The minimum absolute atomic E-state index is 0.147. The number of hydrogen-bond acceptors (Lipinski definition) is 0. The molecule has 0 atom stereocenters. The lowest BCUT2D eigenvalue weighted by molar-refractivity contribution is 0.714. The number of hydrogen-bond donors (Lipinski definition) is 0. The van der Waals surface area contributed by atoms with Crippen molar-refractivity contribution in [2.45, 2.75) is 51.9 Å². The van der Waals surface area contributed by atoms with Crippen molar-refractivity contribution in [1.29, 1.82) is 0 Å². The van der Waals surface area contributed by atoms with Crippen LogP contribution in [0.4, 0.5) is 0 Å². The molecule has 0 saturated heterocycles. The summed E-state index contributed by atoms with van der Waals surface area (Å²) in [5.74, 6) is 2.44. The van der Waals surface area contributed by atoms with E-state index in [0.29, 0.717) is 10.3 Å². The molecule has 0 bridgehead atoms. The van der Waals surface area contributed by atoms with Crippen molar-refractivity contribution >= 4 is 14.0 Å². The van der Waals surface area contributed by atoms with Gasteiger partial charge in [0.2, 0.25) is 0 Å². The first-order chi connectivity index (χ1) is 7.71. The molecule has 1 rings (SSSR count). The van der Waals surface area contributed by atoms with Crippen LogP contribution in [0.25, 0.3) is 6.08 Å². The van der Waals surface area contributed by atoms with E-state index in [4.69, 9.17) is 0 Å². The van der Waals surface area contributed by atoms with Crippen LogP contribution < -0.4 is 0 Å². The van der Waals surface area contributed by atoms with Crippen LogP contribution in [-0.2, 0) is 0 Å². The predicted octanol–water partition coefficient (Wildman–Crippen LogP) is 5.74. The van der Waals surface area contributed by atoms with Gasteiger partial charge in [0.1, 0.15) is 0 Å². The number of rotatable bonds is 2. The van der Waals surface area contributed by atoms with Gasteiger partial charge < -0.3 is 0 Å². The summed E-state index contributed by atoms with van der Waals surface area (Å²) in [7, 11) is -0.147. The van der Waals surface area contributed by atoms with Gasteiger partial charge in [0.15, 0.2) is 0 Å². The zero-order chi connectivity index (χ0) is 13.1. The summed E-state index contributed by atoms with van der Waals surface area (Å²) in [4.78, 5) is 0. The highest BCUT2D eigenvalue weighted by Crippen LogP contribution is 2.60. The maximum absolute atomic E-state index is 2.44. The zero-order valence-electron chi connectivity index (χ0n) is 12.0. The normalized spacial score (nSPS) is 13.6. The van der Waals surface area contributed by atoms with Crippen LogP contribution in [0.2, 0.25) is 0 Å². The third-order valence-electron chi connectivity index (χ3n) is 2.66. The smallest absolute Gasteiger partial charge is 0.0140 e. The third-order valence-corrected chi connectivity index (χ3v) is 6.00. The summed E-state index contributed by atoms with van der Waals surface area (Å²) in [6.45, 7) is 14.1. The quantitative estimate of drug-likeness (QED) is 0.586. The van der Waals surface area contributed by atoms with E-state index in [-0.39, 0.29) is 7.92 Å². The van der Waals surface area contributed by atoms with Crippen molar-refractivity contribution in [1.82, 2.24) is 0 Å². The van der Waals surface area contributed by atoms with Gasteiger partial charge >= 0.3 is 0 Å². The maximum Gasteiger partial charge on any atom is -0.0140 e. The molecule has 1 heteroatoms. The van der Waals surface area contributed by atoms with E-state index >= 15 is 0 Å². The van der Waals surface area contributed by atoms with E-state index in [0.717, 1.165) is 0 Å². The lowest BCUT2D eigenvalue weighted by atomic mass is 10.2. The molecule has 0 radical (unpaired) electrons. The van der Waals surface area contributed by atoms with Gasteiger partial charge in [-0.1, -0.05) is 91.7 Å². The summed E-state index contributed by atoms with van der Waals surface area (Å²) in [5.41, 5.74) is 1.30. The van der Waals surface area contributed by atoms with Gasteiger partial charge in [-0.2, -0.15) is 0 Å². The molecule has 0 aromatic heterocycles. The molecule has 17 heavy (non-hydrogen) atoms. The third kappa shape index (κ3) is 4.64. The first kappa shape index (κ1) is 14.5. The summed E-state index contributed by atoms with van der Waals surface area (Å²) in [5, 5.41) is 0.720. The van der Waals surface area contributed by atoms with Crippen LogP contribution in [0.1, 0.15) is 47.1 Å². The summed E-state index contributed by atoms with van der Waals surface area (Å²) >= 11 is 0. The minimum Gasteiger partial charge on any atom is -0.0721 e. The van der Waals surface area contributed by atoms with E-state index in [9.17, 15) is 0 Å². The van der Waals surface area contributed by atoms with Gasteiger partial charge in [0.25, 0.3) is 0 Å². The van der Waals surface area contributed by atoms with E-state index in [2.05, 4.69) is 83.8 Å². The molecule has 0 N–H and O–H groups in total. The minimum atomic E-state index is -0.147. The Hall–Kier alpha value is -0.610. The van der Waals surface area contributed by atoms with Gasteiger partial charge in [-0.25, -0.2) is 0 Å². The molecule has 0 amide bonds. The molecule has 0 aliphatic carbocycles. The summed E-state index contributed by atoms with van der Waals surface area (Å²) < 4.78 is 0. The van der Waals surface area contributed by atoms with Gasteiger partial charge in [-0.05, 0) is 15.9 Å². The molecule has 0 aliphatic rings. The molecular weight excluding hydrogens is 223 g/mol. The average Bonchev–Trinajstić information content (AvgIpc) is 2.15. The summed E-state index contributed by atoms with van der Waals surface area (Å²) in [6, 6.07) is 10.6. The first-order valence-corrected chi connectivity index (χ1v) is 7.65. The Balaban J connectivity index is 2.92. The van der Waals surface area contributed by atoms with Crippen molar-refractivity contribution in [2.24, 2.45) is 0 Å². The van der Waals surface area contributed by atoms with Gasteiger partial charge in [-0.3, -0.25) is 0 Å². The highest BCUT2D eigenvalue weighted by atomic mass is 31.1. The molecule has 94 valence electrons. The van der Waals surface area contributed by atoms with Crippen LogP contribution in [0.5, 0.6) is 0 Å². The number of benzene rings is 1. The topological polar surface area (TPSA) is 0 Å². The van der Waals surface area contributed by atoms with Crippen LogP contribution in [-0.4, -0.2) is 10.3 Å². The van der Waals surface area contributed by atoms with Crippen LogP contribution in [0.3, 0.4) is 0 Å². The van der Waals surface area contributed by atoms with E-state index in [1.165, 1.54) is 5.56 Å². The Bertz CT molecular complexity index is 349. The molecule has 0 aliphatic heterocycles. The Morgan fingerprint density at radius 2 is 1.29 bits per heavy atom. The first-order valence-electron chi connectivity index (χ1n) is 6.24. The fourth-order valence-corrected chi connectivity index (χ4v) is 5.41. The molecule has 0 spiro atoms. The molecule has 0 unspecified atom stereocenters. The molecule has 0 nitrogen and oxygen atoms in total. The molecule has 0 saturated carbocycles. The monoisotopic (exact) mass is 248 g/mol. The Labute approximate surface area is 108 Å². The van der Waals surface area contributed by atoms with Crippen molar-refractivity contribution in [3.05, 3.63) is 41.7 Å². The Morgan fingerprint density at radius 3 is 1.71 bits per heavy atom. The van der Waals surface area contributed by atoms with Crippen molar-refractivity contribution in [2.75, 3.05) is 0 Å². The average molecular weight is 248 g/mol. The van der Waals surface area contributed by atoms with Crippen LogP contribution in [0.15, 0.2) is 36.1 Å². The zero-order valence-corrected chi connectivity index (χ0v) is 12.9.